The van der Waals surface area contributed by atoms with E-state index < -0.39 is 0 Å². The molecule has 1 unspecified atom stereocenters. The average molecular weight is 436 g/mol. The van der Waals surface area contributed by atoms with Crippen LogP contribution in [-0.2, 0) is 17.8 Å². The van der Waals surface area contributed by atoms with Crippen LogP contribution in [0.4, 0.5) is 5.13 Å². The highest BCUT2D eigenvalue weighted by atomic mass is 32.1. The highest BCUT2D eigenvalue weighted by Crippen LogP contribution is 2.24. The number of nitrogens with zero attached hydrogens (tertiary/aromatic N) is 2. The molecule has 3 aromatic rings. The molecule has 1 aliphatic heterocycles. The van der Waals surface area contributed by atoms with Gasteiger partial charge in [-0.05, 0) is 48.4 Å². The van der Waals surface area contributed by atoms with Gasteiger partial charge < -0.3 is 15.0 Å². The Hall–Kier alpha value is -2.86. The summed E-state index contributed by atoms with van der Waals surface area (Å²) < 4.78 is 5.90. The number of amides is 1. The Bertz CT molecular complexity index is 946. The molecule has 0 radical (unpaired) electrons. The van der Waals surface area contributed by atoms with Gasteiger partial charge in [0.2, 0.25) is 5.91 Å². The number of rotatable bonds is 9. The van der Waals surface area contributed by atoms with Crippen LogP contribution in [0.25, 0.3) is 0 Å². The van der Waals surface area contributed by atoms with Gasteiger partial charge in [0.1, 0.15) is 12.4 Å². The molecule has 1 aliphatic rings. The fourth-order valence-electron chi connectivity index (χ4n) is 3.91. The first-order chi connectivity index (χ1) is 15.3. The van der Waals surface area contributed by atoms with Gasteiger partial charge in [0.25, 0.3) is 0 Å². The van der Waals surface area contributed by atoms with E-state index in [1.807, 2.05) is 48.0 Å². The van der Waals surface area contributed by atoms with Gasteiger partial charge in [-0.25, -0.2) is 4.98 Å². The number of hydrogen-bond acceptors (Lipinski definition) is 5. The van der Waals surface area contributed by atoms with Gasteiger partial charge in [0.15, 0.2) is 5.13 Å². The molecule has 1 saturated heterocycles. The number of carbonyl (C=O) groups is 1. The summed E-state index contributed by atoms with van der Waals surface area (Å²) in [7, 11) is 0. The number of anilines is 1. The molecule has 1 atom stereocenters. The molecule has 6 heteroatoms. The Morgan fingerprint density at radius 1 is 1.16 bits per heavy atom. The Labute approximate surface area is 188 Å². The zero-order valence-corrected chi connectivity index (χ0v) is 18.5. The Kier molecular flexibility index (Phi) is 7.56. The summed E-state index contributed by atoms with van der Waals surface area (Å²) in [6.07, 6.45) is 5.36. The number of piperidine rings is 1. The molecule has 2 heterocycles. The Morgan fingerprint density at radius 2 is 2.03 bits per heavy atom. The SMILES string of the molecule is O=C(CCc1cccc(OCc2ccccc2)c1)NCC1CCCN(c2nccs2)C1. The third kappa shape index (κ3) is 6.56. The van der Waals surface area contributed by atoms with E-state index in [-0.39, 0.29) is 5.91 Å². The summed E-state index contributed by atoms with van der Waals surface area (Å²) in [5.41, 5.74) is 2.26. The van der Waals surface area contributed by atoms with Crippen molar-refractivity contribution in [3.63, 3.8) is 0 Å². The summed E-state index contributed by atoms with van der Waals surface area (Å²) in [5, 5.41) is 6.24. The van der Waals surface area contributed by atoms with E-state index in [2.05, 4.69) is 33.4 Å². The second kappa shape index (κ2) is 11.0. The lowest BCUT2D eigenvalue weighted by Crippen LogP contribution is -2.41. The zero-order valence-electron chi connectivity index (χ0n) is 17.7. The molecule has 0 bridgehead atoms. The first-order valence-electron chi connectivity index (χ1n) is 10.9. The second-order valence-corrected chi connectivity index (χ2v) is 8.87. The largest absolute Gasteiger partial charge is 0.489 e. The van der Waals surface area contributed by atoms with E-state index in [1.54, 1.807) is 11.3 Å². The van der Waals surface area contributed by atoms with Crippen molar-refractivity contribution >= 4 is 22.4 Å². The topological polar surface area (TPSA) is 54.5 Å². The van der Waals surface area contributed by atoms with Crippen LogP contribution in [0, 0.1) is 5.92 Å². The van der Waals surface area contributed by atoms with Gasteiger partial charge in [-0.3, -0.25) is 4.79 Å². The van der Waals surface area contributed by atoms with Crippen LogP contribution >= 0.6 is 11.3 Å². The molecule has 1 amide bonds. The van der Waals surface area contributed by atoms with Crippen LogP contribution in [0.2, 0.25) is 0 Å². The maximum absolute atomic E-state index is 12.4. The molecule has 0 saturated carbocycles. The zero-order chi connectivity index (χ0) is 21.3. The number of thiazole rings is 1. The maximum atomic E-state index is 12.4. The second-order valence-electron chi connectivity index (χ2n) is 7.99. The van der Waals surface area contributed by atoms with Gasteiger partial charge in [0, 0.05) is 37.6 Å². The number of aryl methyl sites for hydroxylation is 1. The lowest BCUT2D eigenvalue weighted by molar-refractivity contribution is -0.121. The quantitative estimate of drug-likeness (QED) is 0.530. The Balaban J connectivity index is 1.19. The third-order valence-electron chi connectivity index (χ3n) is 5.58. The van der Waals surface area contributed by atoms with Gasteiger partial charge in [-0.15, -0.1) is 11.3 Å². The first kappa shape index (κ1) is 21.4. The van der Waals surface area contributed by atoms with Crippen molar-refractivity contribution < 1.29 is 9.53 Å². The normalized spacial score (nSPS) is 16.1. The van der Waals surface area contributed by atoms with Crippen molar-refractivity contribution in [3.05, 3.63) is 77.3 Å². The van der Waals surface area contributed by atoms with E-state index in [4.69, 9.17) is 4.74 Å². The van der Waals surface area contributed by atoms with E-state index in [0.717, 1.165) is 54.5 Å². The molecule has 2 aromatic carbocycles. The van der Waals surface area contributed by atoms with Crippen molar-refractivity contribution in [2.24, 2.45) is 5.92 Å². The smallest absolute Gasteiger partial charge is 0.220 e. The monoisotopic (exact) mass is 435 g/mol. The molecule has 0 spiro atoms. The molecule has 162 valence electrons. The van der Waals surface area contributed by atoms with Crippen LogP contribution in [0.3, 0.4) is 0 Å². The van der Waals surface area contributed by atoms with Gasteiger partial charge >= 0.3 is 0 Å². The Morgan fingerprint density at radius 3 is 2.87 bits per heavy atom. The number of hydrogen-bond donors (Lipinski definition) is 1. The number of ether oxygens (including phenoxy) is 1. The van der Waals surface area contributed by atoms with Crippen molar-refractivity contribution in [3.8, 4) is 5.75 Å². The van der Waals surface area contributed by atoms with Crippen molar-refractivity contribution in [2.45, 2.75) is 32.3 Å². The van der Waals surface area contributed by atoms with E-state index in [1.165, 1.54) is 0 Å². The fourth-order valence-corrected chi connectivity index (χ4v) is 4.59. The standard InChI is InChI=1S/C25H29N3O2S/c29-24(27-17-22-9-5-14-28(18-22)25-26-13-15-31-25)12-11-20-8-4-10-23(16-20)30-19-21-6-2-1-3-7-21/h1-4,6-8,10,13,15-16,22H,5,9,11-12,14,17-19H2,(H,27,29). The molecular weight excluding hydrogens is 406 g/mol. The van der Waals surface area contributed by atoms with Gasteiger partial charge in [-0.2, -0.15) is 0 Å². The van der Waals surface area contributed by atoms with Crippen molar-refractivity contribution in [2.75, 3.05) is 24.5 Å². The van der Waals surface area contributed by atoms with Crippen LogP contribution in [-0.4, -0.2) is 30.5 Å². The minimum atomic E-state index is 0.113. The highest BCUT2D eigenvalue weighted by Gasteiger charge is 2.21. The summed E-state index contributed by atoms with van der Waals surface area (Å²) in [6, 6.07) is 18.2. The van der Waals surface area contributed by atoms with Gasteiger partial charge in [-0.1, -0.05) is 42.5 Å². The number of benzene rings is 2. The average Bonchev–Trinajstić information content (AvgIpc) is 3.36. The predicted molar refractivity (Wildman–Crippen MR) is 126 cm³/mol. The van der Waals surface area contributed by atoms with Crippen LogP contribution < -0.4 is 15.0 Å². The molecule has 1 N–H and O–H groups in total. The van der Waals surface area contributed by atoms with Crippen molar-refractivity contribution in [1.29, 1.82) is 0 Å². The first-order valence-corrected chi connectivity index (χ1v) is 11.8. The molecular formula is C25H29N3O2S. The van der Waals surface area contributed by atoms with E-state index in [0.29, 0.717) is 25.4 Å². The molecule has 1 aromatic heterocycles. The molecule has 5 nitrogen and oxygen atoms in total. The number of carbonyl (C=O) groups excluding carboxylic acids is 1. The van der Waals surface area contributed by atoms with E-state index >= 15 is 0 Å². The summed E-state index contributed by atoms with van der Waals surface area (Å²) in [5.74, 6) is 1.43. The molecule has 1 fully saturated rings. The van der Waals surface area contributed by atoms with Crippen LogP contribution in [0.15, 0.2) is 66.2 Å². The summed E-state index contributed by atoms with van der Waals surface area (Å²) >= 11 is 1.68. The summed E-state index contributed by atoms with van der Waals surface area (Å²) in [4.78, 5) is 19.2. The summed E-state index contributed by atoms with van der Waals surface area (Å²) in [6.45, 7) is 3.31. The lowest BCUT2D eigenvalue weighted by atomic mass is 9.98. The predicted octanol–water partition coefficient (Wildman–Crippen LogP) is 4.69. The minimum Gasteiger partial charge on any atom is -0.489 e. The highest BCUT2D eigenvalue weighted by molar-refractivity contribution is 7.13. The fraction of sp³-hybridized carbons (Fsp3) is 0.360. The number of nitrogens with one attached hydrogen (secondary N) is 1. The third-order valence-corrected chi connectivity index (χ3v) is 6.42. The molecule has 0 aliphatic carbocycles. The van der Waals surface area contributed by atoms with Crippen LogP contribution in [0.1, 0.15) is 30.4 Å². The lowest BCUT2D eigenvalue weighted by Gasteiger charge is -2.32. The molecule has 31 heavy (non-hydrogen) atoms. The minimum absolute atomic E-state index is 0.113. The maximum Gasteiger partial charge on any atom is 0.220 e. The van der Waals surface area contributed by atoms with Crippen molar-refractivity contribution in [1.82, 2.24) is 10.3 Å². The van der Waals surface area contributed by atoms with Crippen LogP contribution in [0.5, 0.6) is 5.75 Å². The van der Waals surface area contributed by atoms with Gasteiger partial charge in [0.05, 0.1) is 0 Å². The molecule has 4 rings (SSSR count). The number of aromatic nitrogens is 1. The van der Waals surface area contributed by atoms with E-state index in [9.17, 15) is 4.79 Å².